The fourth-order valence-electron chi connectivity index (χ4n) is 0.561. The number of hydrogen-bond donors (Lipinski definition) is 4. The van der Waals surface area contributed by atoms with E-state index >= 15 is 0 Å². The van der Waals surface area contributed by atoms with E-state index in [-0.39, 0.29) is 11.0 Å². The van der Waals surface area contributed by atoms with Gasteiger partial charge < -0.3 is 15.9 Å². The van der Waals surface area contributed by atoms with Gasteiger partial charge in [-0.3, -0.25) is 5.21 Å². The second-order valence-corrected chi connectivity index (χ2v) is 3.45. The Kier molecular flexibility index (Phi) is 3.45. The van der Waals surface area contributed by atoms with Gasteiger partial charge in [-0.05, 0) is 0 Å². The minimum atomic E-state index is -1.39. The maximum Gasteiger partial charge on any atom is 0.200 e. The van der Waals surface area contributed by atoms with Crippen LogP contribution >= 0.6 is 11.5 Å². The first-order valence-electron chi connectivity index (χ1n) is 2.99. The number of aliphatic hydroxyl groups is 2. The highest BCUT2D eigenvalue weighted by atomic mass is 32.1. The van der Waals surface area contributed by atoms with E-state index in [1.165, 1.54) is 0 Å². The van der Waals surface area contributed by atoms with Crippen molar-refractivity contribution in [3.63, 3.8) is 0 Å². The second-order valence-electron chi connectivity index (χ2n) is 1.90. The molecule has 1 atom stereocenters. The number of nitrogens with two attached hydrogens (primary N) is 1. The molecule has 7 nitrogen and oxygen atoms in total. The van der Waals surface area contributed by atoms with E-state index < -0.39 is 11.2 Å². The Morgan fingerprint density at radius 3 is 2.85 bits per heavy atom. The fourth-order valence-corrected chi connectivity index (χ4v) is 1.31. The molecule has 0 fully saturated rings. The molecule has 0 bridgehead atoms. The van der Waals surface area contributed by atoms with E-state index in [4.69, 9.17) is 16.0 Å². The summed E-state index contributed by atoms with van der Waals surface area (Å²) in [5.41, 5.74) is 5.25. The van der Waals surface area contributed by atoms with Crippen molar-refractivity contribution in [2.75, 3.05) is 5.73 Å². The summed E-state index contributed by atoms with van der Waals surface area (Å²) in [6.45, 7) is 0. The highest BCUT2D eigenvalue weighted by Crippen LogP contribution is 2.13. The molecule has 0 aromatic carbocycles. The molecular weight excluding hydrogens is 216 g/mol. The van der Waals surface area contributed by atoms with E-state index in [1.807, 2.05) is 0 Å². The number of nitrogen functional groups attached to an aromatic ring is 1. The number of aliphatic hydroxyl groups excluding tert-OH is 2. The van der Waals surface area contributed by atoms with Crippen LogP contribution in [0.1, 0.15) is 11.9 Å². The van der Waals surface area contributed by atoms with Crippen LogP contribution in [0.25, 0.3) is 0 Å². The van der Waals surface area contributed by atoms with Crippen molar-refractivity contribution < 1.29 is 15.4 Å². The van der Waals surface area contributed by atoms with E-state index in [2.05, 4.69) is 13.9 Å². The van der Waals surface area contributed by atoms with E-state index in [1.54, 1.807) is 0 Å². The van der Waals surface area contributed by atoms with Crippen LogP contribution in [0.15, 0.2) is 4.53 Å². The van der Waals surface area contributed by atoms with Crippen molar-refractivity contribution in [3.05, 3.63) is 5.82 Å². The van der Waals surface area contributed by atoms with Gasteiger partial charge in [-0.2, -0.15) is 4.37 Å². The molecule has 1 aromatic rings. The summed E-state index contributed by atoms with van der Waals surface area (Å²) < 4.78 is 6.23. The maximum atomic E-state index is 9.28. The lowest BCUT2D eigenvalue weighted by atomic mass is 10.4. The zero-order valence-electron chi connectivity index (χ0n) is 6.15. The topological polar surface area (TPSA) is 125 Å². The molecule has 5 N–H and O–H groups in total. The molecule has 72 valence electrons. The lowest BCUT2D eigenvalue weighted by Gasteiger charge is -2.00. The highest BCUT2D eigenvalue weighted by Gasteiger charge is 2.16. The average Bonchev–Trinajstić information content (AvgIpc) is 2.51. The molecule has 0 spiro atoms. The van der Waals surface area contributed by atoms with Crippen molar-refractivity contribution in [1.29, 1.82) is 0 Å². The summed E-state index contributed by atoms with van der Waals surface area (Å²) in [5, 5.41) is 26.1. The molecule has 9 heteroatoms. The highest BCUT2D eigenvalue weighted by molar-refractivity contribution is 7.68. The molecule has 1 rings (SSSR count). The van der Waals surface area contributed by atoms with Crippen molar-refractivity contribution in [1.82, 2.24) is 9.36 Å². The zero-order chi connectivity index (χ0) is 9.84. The fraction of sp³-hybridized carbons (Fsp3) is 0.250. The van der Waals surface area contributed by atoms with E-state index in [0.717, 1.165) is 11.5 Å². The third kappa shape index (κ3) is 2.54. The van der Waals surface area contributed by atoms with Crippen molar-refractivity contribution in [2.24, 2.45) is 4.53 Å². The van der Waals surface area contributed by atoms with Crippen molar-refractivity contribution in [3.8, 4) is 0 Å². The number of hydrogen-bond acceptors (Lipinski definition) is 6. The Morgan fingerprint density at radius 2 is 2.38 bits per heavy atom. The predicted octanol–water partition coefficient (Wildman–Crippen LogP) is -0.503. The molecule has 0 radical (unpaired) electrons. The van der Waals surface area contributed by atoms with Gasteiger partial charge in [-0.15, -0.1) is 0 Å². The van der Waals surface area contributed by atoms with E-state index in [9.17, 15) is 5.11 Å². The number of anilines is 1. The minimum absolute atomic E-state index is 0.0175. The molecule has 0 aliphatic heterocycles. The summed E-state index contributed by atoms with van der Waals surface area (Å²) in [6.07, 6.45) is -1.39. The van der Waals surface area contributed by atoms with Gasteiger partial charge >= 0.3 is 0 Å². The Bertz CT molecular complexity index is 358. The van der Waals surface area contributed by atoms with Gasteiger partial charge in [0.25, 0.3) is 0 Å². The minimum Gasteiger partial charge on any atom is -0.377 e. The number of aromatic nitrogens is 2. The molecule has 0 saturated heterocycles. The summed E-state index contributed by atoms with van der Waals surface area (Å²) in [7, 11) is 0. The molecule has 1 aromatic heterocycles. The van der Waals surface area contributed by atoms with Crippen molar-refractivity contribution in [2.45, 2.75) is 6.10 Å². The van der Waals surface area contributed by atoms with Gasteiger partial charge in [0, 0.05) is 22.7 Å². The van der Waals surface area contributed by atoms with Crippen LogP contribution in [0.2, 0.25) is 0 Å². The first-order valence-corrected chi connectivity index (χ1v) is 4.54. The zero-order valence-corrected chi connectivity index (χ0v) is 7.79. The second kappa shape index (κ2) is 4.39. The first kappa shape index (κ1) is 10.2. The Morgan fingerprint density at radius 1 is 1.69 bits per heavy atom. The maximum absolute atomic E-state index is 9.28. The van der Waals surface area contributed by atoms with Gasteiger partial charge in [0.1, 0.15) is 0 Å². The van der Waals surface area contributed by atoms with Crippen LogP contribution in [0.3, 0.4) is 0 Å². The van der Waals surface area contributed by atoms with Crippen molar-refractivity contribution >= 4 is 32.9 Å². The molecule has 1 unspecified atom stereocenters. The van der Waals surface area contributed by atoms with Gasteiger partial charge in [-0.25, -0.2) is 4.98 Å². The smallest absolute Gasteiger partial charge is 0.200 e. The molecule has 0 aliphatic carbocycles. The SMILES string of the molecule is Nc1nc(C(O)C(O)=S=NO)ns1. The Balaban J connectivity index is 2.91. The monoisotopic (exact) mass is 222 g/mol. The lowest BCUT2D eigenvalue weighted by Crippen LogP contribution is -2.12. The largest absolute Gasteiger partial charge is 0.377 e. The third-order valence-corrected chi connectivity index (χ3v) is 2.12. The molecule has 0 aliphatic rings. The van der Waals surface area contributed by atoms with Gasteiger partial charge in [0.15, 0.2) is 22.1 Å². The lowest BCUT2D eigenvalue weighted by molar-refractivity contribution is 0.218. The normalized spacial score (nSPS) is 12.2. The molecule has 0 amide bonds. The number of rotatable bonds is 2. The molecule has 1 heterocycles. The Hall–Kier alpha value is -0.870. The standard InChI is InChI=1S/C4H6N4O3S2/c5-4-6-2(7-13-4)1(9)3(10)12-8-11/h1,9-11H,(H2,5,6,7). The van der Waals surface area contributed by atoms with Crippen LogP contribution in [-0.2, 0) is 11.1 Å². The molecule has 0 saturated carbocycles. The third-order valence-electron chi connectivity index (χ3n) is 1.07. The van der Waals surface area contributed by atoms with Crippen LogP contribution in [0.5, 0.6) is 0 Å². The van der Waals surface area contributed by atoms with Gasteiger partial charge in [0.05, 0.1) is 0 Å². The van der Waals surface area contributed by atoms with Crippen LogP contribution in [-0.4, -0.2) is 29.8 Å². The Labute approximate surface area is 80.3 Å². The van der Waals surface area contributed by atoms with Crippen LogP contribution < -0.4 is 5.73 Å². The quantitative estimate of drug-likeness (QED) is 0.395. The van der Waals surface area contributed by atoms with Gasteiger partial charge in [-0.1, -0.05) is 4.53 Å². The predicted molar refractivity (Wildman–Crippen MR) is 48.5 cm³/mol. The molecule has 13 heavy (non-hydrogen) atoms. The molecular formula is C4H6N4O3S2. The van der Waals surface area contributed by atoms with Gasteiger partial charge in [0.2, 0.25) is 0 Å². The summed E-state index contributed by atoms with van der Waals surface area (Å²) >= 11 is 1.23. The number of nitrogens with zero attached hydrogens (tertiary/aromatic N) is 3. The first-order chi connectivity index (χ1) is 6.15. The summed E-state index contributed by atoms with van der Waals surface area (Å²) in [6, 6.07) is 0. The summed E-state index contributed by atoms with van der Waals surface area (Å²) in [4.78, 5) is 3.63. The summed E-state index contributed by atoms with van der Waals surface area (Å²) in [5.74, 6) is -0.0175. The average molecular weight is 222 g/mol. The van der Waals surface area contributed by atoms with Crippen LogP contribution in [0.4, 0.5) is 5.13 Å². The van der Waals surface area contributed by atoms with E-state index in [0.29, 0.717) is 11.1 Å². The van der Waals surface area contributed by atoms with Crippen LogP contribution in [0, 0.1) is 0 Å².